The number of hydrogen-bond acceptors (Lipinski definition) is 15. The lowest BCUT2D eigenvalue weighted by Crippen LogP contribution is -2.30. The highest BCUT2D eigenvalue weighted by atomic mass is 31.2. The van der Waals surface area contributed by atoms with Gasteiger partial charge in [-0.25, -0.2) is 9.13 Å². The SMILES string of the molecule is CCCCCCCCCCCCC(=O)O[C@H](COC(=O)CCCCCCCCC(C)C)COP(=O)(O)OC[C@H](O)COP(=O)(O)OC[C@@H](COC(=O)CCCCCCCCC(C)CC)OC(=O)CCCCCCCCCCCCCCC(C)C. The van der Waals surface area contributed by atoms with Crippen molar-refractivity contribution in [2.24, 2.45) is 17.8 Å². The lowest BCUT2D eigenvalue weighted by atomic mass is 10.00. The van der Waals surface area contributed by atoms with Crippen LogP contribution in [0.2, 0.25) is 0 Å². The van der Waals surface area contributed by atoms with Crippen molar-refractivity contribution >= 4 is 39.5 Å². The van der Waals surface area contributed by atoms with Crippen LogP contribution in [0.5, 0.6) is 0 Å². The van der Waals surface area contributed by atoms with Crippen molar-refractivity contribution in [1.82, 2.24) is 0 Å². The molecule has 3 N–H and O–H groups in total. The number of ether oxygens (including phenoxy) is 4. The summed E-state index contributed by atoms with van der Waals surface area (Å²) in [7, 11) is -9.89. The normalized spacial score (nSPS) is 14.7. The molecule has 0 spiro atoms. The fourth-order valence-electron chi connectivity index (χ4n) is 9.62. The number of phosphoric acid groups is 2. The van der Waals surface area contributed by atoms with Gasteiger partial charge in [-0.05, 0) is 43.4 Å². The Morgan fingerprint density at radius 3 is 0.905 bits per heavy atom. The minimum Gasteiger partial charge on any atom is -0.462 e. The minimum absolute atomic E-state index is 0.105. The molecule has 0 aliphatic heterocycles. The highest BCUT2D eigenvalue weighted by Crippen LogP contribution is 2.45. The zero-order valence-corrected chi connectivity index (χ0v) is 56.1. The fraction of sp³-hybridized carbons (Fsp3) is 0.938. The van der Waals surface area contributed by atoms with E-state index in [-0.39, 0.29) is 25.7 Å². The van der Waals surface area contributed by atoms with E-state index >= 15 is 0 Å². The lowest BCUT2D eigenvalue weighted by Gasteiger charge is -2.21. The molecular formula is C65H126O17P2. The molecular weight excluding hydrogens is 1110 g/mol. The van der Waals surface area contributed by atoms with Gasteiger partial charge in [0.15, 0.2) is 12.2 Å². The third kappa shape index (κ3) is 57.8. The first-order valence-corrected chi connectivity index (χ1v) is 36.9. The molecule has 0 aliphatic carbocycles. The molecule has 19 heteroatoms. The molecule has 0 radical (unpaired) electrons. The van der Waals surface area contributed by atoms with Crippen molar-refractivity contribution in [3.8, 4) is 0 Å². The lowest BCUT2D eigenvalue weighted by molar-refractivity contribution is -0.161. The van der Waals surface area contributed by atoms with Crippen LogP contribution < -0.4 is 0 Å². The van der Waals surface area contributed by atoms with Crippen LogP contribution in [-0.2, 0) is 65.4 Å². The Hall–Kier alpha value is -1.94. The van der Waals surface area contributed by atoms with Crippen LogP contribution in [-0.4, -0.2) is 96.7 Å². The van der Waals surface area contributed by atoms with Crippen LogP contribution in [0, 0.1) is 17.8 Å². The average molecular weight is 1240 g/mol. The number of phosphoric ester groups is 2. The Labute approximate surface area is 511 Å². The quantitative estimate of drug-likeness (QED) is 0.0222. The van der Waals surface area contributed by atoms with Gasteiger partial charge in [0.2, 0.25) is 0 Å². The zero-order valence-electron chi connectivity index (χ0n) is 54.4. The van der Waals surface area contributed by atoms with E-state index in [1.807, 2.05) is 0 Å². The Morgan fingerprint density at radius 2 is 0.607 bits per heavy atom. The van der Waals surface area contributed by atoms with E-state index in [0.29, 0.717) is 31.6 Å². The average Bonchev–Trinajstić information content (AvgIpc) is 3.59. The summed E-state index contributed by atoms with van der Waals surface area (Å²) >= 11 is 0. The monoisotopic (exact) mass is 1240 g/mol. The van der Waals surface area contributed by atoms with E-state index < -0.39 is 97.5 Å². The van der Waals surface area contributed by atoms with Crippen LogP contribution in [0.4, 0.5) is 0 Å². The van der Waals surface area contributed by atoms with Gasteiger partial charge < -0.3 is 33.8 Å². The molecule has 17 nitrogen and oxygen atoms in total. The standard InChI is InChI=1S/C65H126O17P2/c1-8-10-11-12-13-14-20-23-34-41-48-64(69)81-60(52-75-62(67)46-39-32-27-25-30-37-44-57(5)6)54-79-83(71,72)77-50-59(66)51-78-84(73,74)80-55-61(53-76-63(68)47-40-33-28-26-31-38-45-58(7)9-2)82-65(70)49-42-35-24-21-18-16-15-17-19-22-29-36-43-56(3)4/h56-61,66H,8-55H2,1-7H3,(H,71,72)(H,73,74)/t58?,59-,60+,61+/m0/s1. The first-order valence-electron chi connectivity index (χ1n) is 33.9. The number of carbonyl (C=O) groups excluding carboxylic acids is 4. The summed E-state index contributed by atoms with van der Waals surface area (Å²) in [6.07, 6.45) is 37.7. The third-order valence-corrected chi connectivity index (χ3v) is 17.1. The van der Waals surface area contributed by atoms with Gasteiger partial charge in [-0.2, -0.15) is 0 Å². The summed E-state index contributed by atoms with van der Waals surface area (Å²) in [5, 5.41) is 10.5. The maximum Gasteiger partial charge on any atom is 0.472 e. The van der Waals surface area contributed by atoms with Gasteiger partial charge in [-0.1, -0.05) is 267 Å². The molecule has 0 aliphatic rings. The molecule has 0 aromatic rings. The van der Waals surface area contributed by atoms with Gasteiger partial charge in [0.1, 0.15) is 19.3 Å². The van der Waals surface area contributed by atoms with E-state index in [2.05, 4.69) is 48.5 Å². The second-order valence-corrected chi connectivity index (χ2v) is 27.6. The number of hydrogen-bond donors (Lipinski definition) is 3. The topological polar surface area (TPSA) is 237 Å². The molecule has 0 aromatic heterocycles. The predicted octanol–water partition coefficient (Wildman–Crippen LogP) is 17.9. The number of esters is 4. The number of rotatable bonds is 63. The van der Waals surface area contributed by atoms with Crippen LogP contribution in [0.25, 0.3) is 0 Å². The molecule has 0 bridgehead atoms. The largest absolute Gasteiger partial charge is 0.472 e. The Bertz CT molecular complexity index is 1670. The van der Waals surface area contributed by atoms with E-state index in [4.69, 9.17) is 37.0 Å². The number of carbonyl (C=O) groups is 4. The van der Waals surface area contributed by atoms with Gasteiger partial charge in [0.05, 0.1) is 26.4 Å². The second kappa shape index (κ2) is 56.3. The maximum atomic E-state index is 13.0. The van der Waals surface area contributed by atoms with Crippen molar-refractivity contribution in [1.29, 1.82) is 0 Å². The summed E-state index contributed by atoms with van der Waals surface area (Å²) in [5.74, 6) is 0.0508. The first kappa shape index (κ1) is 82.1. The Balaban J connectivity index is 5.23. The summed E-state index contributed by atoms with van der Waals surface area (Å²) in [4.78, 5) is 72.2. The first-order chi connectivity index (χ1) is 40.3. The molecule has 3 unspecified atom stereocenters. The molecule has 0 saturated heterocycles. The van der Waals surface area contributed by atoms with Crippen molar-refractivity contribution in [3.05, 3.63) is 0 Å². The van der Waals surface area contributed by atoms with Crippen LogP contribution in [0.1, 0.15) is 318 Å². The molecule has 498 valence electrons. The van der Waals surface area contributed by atoms with Gasteiger partial charge in [-0.3, -0.25) is 37.3 Å². The molecule has 0 rings (SSSR count). The smallest absolute Gasteiger partial charge is 0.462 e. The highest BCUT2D eigenvalue weighted by Gasteiger charge is 2.30. The summed E-state index contributed by atoms with van der Waals surface area (Å²) in [6.45, 7) is 11.7. The van der Waals surface area contributed by atoms with Crippen molar-refractivity contribution in [3.63, 3.8) is 0 Å². The number of aliphatic hydroxyl groups is 1. The second-order valence-electron chi connectivity index (χ2n) is 24.7. The number of unbranched alkanes of at least 4 members (excludes halogenated alkanes) is 30. The van der Waals surface area contributed by atoms with Crippen LogP contribution in [0.15, 0.2) is 0 Å². The number of aliphatic hydroxyl groups excluding tert-OH is 1. The van der Waals surface area contributed by atoms with Crippen LogP contribution in [0.3, 0.4) is 0 Å². The van der Waals surface area contributed by atoms with Gasteiger partial charge in [-0.15, -0.1) is 0 Å². The zero-order chi connectivity index (χ0) is 62.4. The van der Waals surface area contributed by atoms with Crippen molar-refractivity contribution < 1.29 is 80.2 Å². The Morgan fingerprint density at radius 1 is 0.345 bits per heavy atom. The van der Waals surface area contributed by atoms with Crippen molar-refractivity contribution in [2.75, 3.05) is 39.6 Å². The van der Waals surface area contributed by atoms with Gasteiger partial charge >= 0.3 is 39.5 Å². The van der Waals surface area contributed by atoms with E-state index in [1.165, 1.54) is 116 Å². The molecule has 0 saturated carbocycles. The minimum atomic E-state index is -4.95. The van der Waals surface area contributed by atoms with E-state index in [9.17, 15) is 43.2 Å². The highest BCUT2D eigenvalue weighted by molar-refractivity contribution is 7.47. The van der Waals surface area contributed by atoms with Crippen molar-refractivity contribution in [2.45, 2.75) is 336 Å². The van der Waals surface area contributed by atoms with E-state index in [0.717, 1.165) is 115 Å². The third-order valence-electron chi connectivity index (χ3n) is 15.2. The fourth-order valence-corrected chi connectivity index (χ4v) is 11.2. The molecule has 0 fully saturated rings. The molecule has 0 amide bonds. The summed E-state index contributed by atoms with van der Waals surface area (Å²) in [5.41, 5.74) is 0. The summed E-state index contributed by atoms with van der Waals surface area (Å²) in [6, 6.07) is 0. The summed E-state index contributed by atoms with van der Waals surface area (Å²) < 4.78 is 68.0. The van der Waals surface area contributed by atoms with E-state index in [1.54, 1.807) is 0 Å². The molecule has 0 heterocycles. The molecule has 84 heavy (non-hydrogen) atoms. The maximum absolute atomic E-state index is 13.0. The predicted molar refractivity (Wildman–Crippen MR) is 335 cm³/mol. The van der Waals surface area contributed by atoms with Gasteiger partial charge in [0.25, 0.3) is 0 Å². The molecule has 0 aromatic carbocycles. The van der Waals surface area contributed by atoms with Gasteiger partial charge in [0, 0.05) is 25.7 Å². The molecule has 6 atom stereocenters. The van der Waals surface area contributed by atoms with Crippen LogP contribution >= 0.6 is 15.6 Å². The Kier molecular flexibility index (Phi) is 55.0.